The second-order valence-electron chi connectivity index (χ2n) is 6.83. The molecule has 5 rings (SSSR count). The molecule has 132 valence electrons. The fourth-order valence-corrected chi connectivity index (χ4v) is 3.78. The van der Waals surface area contributed by atoms with Gasteiger partial charge in [0.25, 0.3) is 0 Å². The van der Waals surface area contributed by atoms with E-state index in [2.05, 4.69) is 103 Å². The summed E-state index contributed by atoms with van der Waals surface area (Å²) in [5, 5.41) is 2.40. The maximum absolute atomic E-state index is 5.22. The van der Waals surface area contributed by atoms with Crippen molar-refractivity contribution in [3.63, 3.8) is 0 Å². The molecule has 1 nitrogen and oxygen atoms in total. The second-order valence-corrected chi connectivity index (χ2v) is 6.83. The summed E-state index contributed by atoms with van der Waals surface area (Å²) in [6, 6.07) is 40.0. The van der Waals surface area contributed by atoms with Gasteiger partial charge >= 0.3 is 0 Å². The third-order valence-electron chi connectivity index (χ3n) is 5.07. The Kier molecular flexibility index (Phi) is 4.19. The van der Waals surface area contributed by atoms with Crippen molar-refractivity contribution in [2.24, 2.45) is 0 Å². The molecule has 0 fully saturated rings. The molecule has 0 atom stereocenters. The zero-order chi connectivity index (χ0) is 18.8. The van der Waals surface area contributed by atoms with E-state index in [-0.39, 0.29) is 0 Å². The molecule has 1 heteroatoms. The first-order chi connectivity index (χ1) is 13.9. The molecule has 4 aromatic carbocycles. The van der Waals surface area contributed by atoms with Crippen molar-refractivity contribution in [1.82, 2.24) is 4.98 Å². The van der Waals surface area contributed by atoms with Crippen molar-refractivity contribution in [3.05, 3.63) is 115 Å². The summed E-state index contributed by atoms with van der Waals surface area (Å²) < 4.78 is 0. The van der Waals surface area contributed by atoms with Crippen LogP contribution in [0.3, 0.4) is 0 Å². The van der Waals surface area contributed by atoms with Crippen LogP contribution in [0, 0.1) is 0 Å². The Morgan fingerprint density at radius 2 is 0.786 bits per heavy atom. The van der Waals surface area contributed by atoms with Crippen LogP contribution in [0.25, 0.3) is 44.4 Å². The van der Waals surface area contributed by atoms with E-state index in [0.717, 1.165) is 22.5 Å². The van der Waals surface area contributed by atoms with Gasteiger partial charge in [0.2, 0.25) is 0 Å². The van der Waals surface area contributed by atoms with Gasteiger partial charge in [-0.1, -0.05) is 115 Å². The first-order valence-corrected chi connectivity index (χ1v) is 9.51. The van der Waals surface area contributed by atoms with Gasteiger partial charge < -0.3 is 0 Å². The summed E-state index contributed by atoms with van der Waals surface area (Å²) in [6.07, 6.45) is 0. The molecule has 0 unspecified atom stereocenters. The van der Waals surface area contributed by atoms with E-state index in [0.29, 0.717) is 0 Å². The number of rotatable bonds is 3. The number of pyridine rings is 1. The molecule has 5 aromatic rings. The minimum absolute atomic E-state index is 1.02. The number of fused-ring (bicyclic) bond motifs is 1. The lowest BCUT2D eigenvalue weighted by Gasteiger charge is -2.17. The Balaban J connectivity index is 1.93. The lowest BCUT2D eigenvalue weighted by molar-refractivity contribution is 1.35. The molecular weight excluding hydrogens is 338 g/mol. The Labute approximate surface area is 165 Å². The highest BCUT2D eigenvalue weighted by molar-refractivity contribution is 6.08. The van der Waals surface area contributed by atoms with Crippen molar-refractivity contribution in [3.8, 4) is 33.6 Å². The number of nitrogens with zero attached hydrogens (tertiary/aromatic N) is 1. The normalized spacial score (nSPS) is 10.9. The van der Waals surface area contributed by atoms with Crippen molar-refractivity contribution in [2.45, 2.75) is 0 Å². The molecule has 1 aromatic heterocycles. The molecule has 0 radical (unpaired) electrons. The smallest absolute Gasteiger partial charge is 0.0794 e. The Morgan fingerprint density at radius 1 is 0.357 bits per heavy atom. The van der Waals surface area contributed by atoms with E-state index in [1.54, 1.807) is 0 Å². The molecule has 0 aliphatic rings. The highest BCUT2D eigenvalue weighted by Crippen LogP contribution is 2.40. The number of aromatic nitrogens is 1. The van der Waals surface area contributed by atoms with Crippen LogP contribution in [0.15, 0.2) is 115 Å². The van der Waals surface area contributed by atoms with Gasteiger partial charge in [-0.3, -0.25) is 0 Å². The second kappa shape index (κ2) is 7.13. The highest BCUT2D eigenvalue weighted by atomic mass is 14.7. The molecule has 0 amide bonds. The average Bonchev–Trinajstić information content (AvgIpc) is 2.80. The SMILES string of the molecule is c1ccc(-c2nc(-c3ccccc3)c3ccccc3c2-c2ccccc2)cc1. The molecule has 0 aliphatic heterocycles. The third kappa shape index (κ3) is 2.87. The molecule has 0 aliphatic carbocycles. The van der Waals surface area contributed by atoms with Crippen LogP contribution >= 0.6 is 0 Å². The minimum Gasteiger partial charge on any atom is -0.246 e. The quantitative estimate of drug-likeness (QED) is 0.332. The van der Waals surface area contributed by atoms with Crippen molar-refractivity contribution in [2.75, 3.05) is 0 Å². The van der Waals surface area contributed by atoms with E-state index in [9.17, 15) is 0 Å². The summed E-state index contributed by atoms with van der Waals surface area (Å²) in [5.74, 6) is 0. The predicted molar refractivity (Wildman–Crippen MR) is 118 cm³/mol. The monoisotopic (exact) mass is 357 g/mol. The van der Waals surface area contributed by atoms with Crippen LogP contribution < -0.4 is 0 Å². The fourth-order valence-electron chi connectivity index (χ4n) is 3.78. The standard InChI is InChI=1S/C27H19N/c1-4-12-20(13-5-1)25-23-18-10-11-19-24(23)26(21-14-6-2-7-15-21)28-27(25)22-16-8-3-9-17-22/h1-19H. The topological polar surface area (TPSA) is 12.9 Å². The van der Waals surface area contributed by atoms with E-state index >= 15 is 0 Å². The van der Waals surface area contributed by atoms with Crippen LogP contribution in [0.5, 0.6) is 0 Å². The Hall–Kier alpha value is -3.71. The molecular formula is C27H19N. The summed E-state index contributed by atoms with van der Waals surface area (Å²) in [5.41, 5.74) is 6.67. The number of hydrogen-bond donors (Lipinski definition) is 0. The maximum atomic E-state index is 5.22. The van der Waals surface area contributed by atoms with Crippen LogP contribution in [0.2, 0.25) is 0 Å². The summed E-state index contributed by atoms with van der Waals surface area (Å²) in [7, 11) is 0. The summed E-state index contributed by atoms with van der Waals surface area (Å²) >= 11 is 0. The van der Waals surface area contributed by atoms with Gasteiger partial charge in [0.05, 0.1) is 11.4 Å². The van der Waals surface area contributed by atoms with Crippen LogP contribution in [-0.4, -0.2) is 4.98 Å². The number of benzene rings is 4. The van der Waals surface area contributed by atoms with Crippen LogP contribution in [-0.2, 0) is 0 Å². The van der Waals surface area contributed by atoms with Gasteiger partial charge in [0.1, 0.15) is 0 Å². The fraction of sp³-hybridized carbons (Fsp3) is 0. The van der Waals surface area contributed by atoms with Crippen molar-refractivity contribution in [1.29, 1.82) is 0 Å². The van der Waals surface area contributed by atoms with E-state index in [1.165, 1.54) is 21.9 Å². The molecule has 0 bridgehead atoms. The van der Waals surface area contributed by atoms with E-state index in [1.807, 2.05) is 12.1 Å². The molecule has 0 N–H and O–H groups in total. The maximum Gasteiger partial charge on any atom is 0.0794 e. The lowest BCUT2D eigenvalue weighted by Crippen LogP contribution is -1.96. The first kappa shape index (κ1) is 16.5. The lowest BCUT2D eigenvalue weighted by atomic mass is 9.91. The predicted octanol–water partition coefficient (Wildman–Crippen LogP) is 7.24. The summed E-state index contributed by atoms with van der Waals surface area (Å²) in [6.45, 7) is 0. The third-order valence-corrected chi connectivity index (χ3v) is 5.07. The Morgan fingerprint density at radius 3 is 1.36 bits per heavy atom. The van der Waals surface area contributed by atoms with Gasteiger partial charge in [0.15, 0.2) is 0 Å². The van der Waals surface area contributed by atoms with Crippen molar-refractivity contribution < 1.29 is 0 Å². The zero-order valence-electron chi connectivity index (χ0n) is 15.4. The zero-order valence-corrected chi connectivity index (χ0v) is 15.4. The highest BCUT2D eigenvalue weighted by Gasteiger charge is 2.17. The molecule has 0 saturated carbocycles. The molecule has 28 heavy (non-hydrogen) atoms. The molecule has 1 heterocycles. The number of hydrogen-bond acceptors (Lipinski definition) is 1. The Bertz CT molecular complexity index is 1230. The molecule has 0 saturated heterocycles. The summed E-state index contributed by atoms with van der Waals surface area (Å²) in [4.78, 5) is 5.22. The van der Waals surface area contributed by atoms with Gasteiger partial charge in [-0.15, -0.1) is 0 Å². The van der Waals surface area contributed by atoms with Crippen LogP contribution in [0.4, 0.5) is 0 Å². The van der Waals surface area contributed by atoms with Gasteiger partial charge in [0, 0.05) is 22.1 Å². The van der Waals surface area contributed by atoms with E-state index < -0.39 is 0 Å². The average molecular weight is 357 g/mol. The van der Waals surface area contributed by atoms with Gasteiger partial charge in [-0.2, -0.15) is 0 Å². The van der Waals surface area contributed by atoms with Crippen LogP contribution in [0.1, 0.15) is 0 Å². The first-order valence-electron chi connectivity index (χ1n) is 9.51. The van der Waals surface area contributed by atoms with Gasteiger partial charge in [-0.25, -0.2) is 4.98 Å². The largest absolute Gasteiger partial charge is 0.246 e. The van der Waals surface area contributed by atoms with E-state index in [4.69, 9.17) is 4.98 Å². The van der Waals surface area contributed by atoms with Gasteiger partial charge in [-0.05, 0) is 10.9 Å². The molecule has 0 spiro atoms. The van der Waals surface area contributed by atoms with Crippen molar-refractivity contribution >= 4 is 10.8 Å². The minimum atomic E-state index is 1.02.